The Morgan fingerprint density at radius 1 is 1.35 bits per heavy atom. The molecule has 0 spiro atoms. The average molecular weight is 391 g/mol. The van der Waals surface area contributed by atoms with Crippen LogP contribution in [0.15, 0.2) is 40.2 Å². The molecule has 118 valence electrons. The molecular weight excluding hydrogens is 376 g/mol. The summed E-state index contributed by atoms with van der Waals surface area (Å²) in [7, 11) is 0. The van der Waals surface area contributed by atoms with Crippen LogP contribution in [0.3, 0.4) is 0 Å². The summed E-state index contributed by atoms with van der Waals surface area (Å²) in [4.78, 5) is 13.4. The number of nitrogens with zero attached hydrogens (tertiary/aromatic N) is 3. The number of halogens is 1. The SMILES string of the molecule is Cc1cccc(-n2nnc(C(=O)NCc3cc(Br)cs3)c2C)c1. The van der Waals surface area contributed by atoms with E-state index in [1.54, 1.807) is 16.0 Å². The second-order valence-corrected chi connectivity index (χ2v) is 7.10. The lowest BCUT2D eigenvalue weighted by Crippen LogP contribution is -2.23. The van der Waals surface area contributed by atoms with Gasteiger partial charge in [-0.05, 0) is 53.5 Å². The summed E-state index contributed by atoms with van der Waals surface area (Å²) in [5.74, 6) is -0.217. The van der Waals surface area contributed by atoms with Gasteiger partial charge in [0, 0.05) is 14.7 Å². The molecule has 2 aromatic heterocycles. The van der Waals surface area contributed by atoms with Gasteiger partial charge >= 0.3 is 0 Å². The molecule has 0 aliphatic carbocycles. The van der Waals surface area contributed by atoms with E-state index in [4.69, 9.17) is 0 Å². The van der Waals surface area contributed by atoms with Gasteiger partial charge in [-0.15, -0.1) is 16.4 Å². The van der Waals surface area contributed by atoms with Crippen LogP contribution in [0.1, 0.15) is 26.6 Å². The van der Waals surface area contributed by atoms with Gasteiger partial charge in [0.2, 0.25) is 0 Å². The Bertz CT molecular complexity index is 855. The summed E-state index contributed by atoms with van der Waals surface area (Å²) >= 11 is 4.99. The van der Waals surface area contributed by atoms with Crippen molar-refractivity contribution in [2.45, 2.75) is 20.4 Å². The standard InChI is InChI=1S/C16H15BrN4OS/c1-10-4-3-5-13(6-10)21-11(2)15(19-20-21)16(22)18-8-14-7-12(17)9-23-14/h3-7,9H,8H2,1-2H3,(H,18,22). The Balaban J connectivity index is 1.77. The molecule has 3 rings (SSSR count). The summed E-state index contributed by atoms with van der Waals surface area (Å²) in [5, 5.41) is 13.0. The van der Waals surface area contributed by atoms with E-state index in [9.17, 15) is 4.79 Å². The fourth-order valence-electron chi connectivity index (χ4n) is 2.24. The molecule has 0 radical (unpaired) electrons. The number of aryl methyl sites for hydroxylation is 1. The van der Waals surface area contributed by atoms with Gasteiger partial charge in [-0.2, -0.15) is 0 Å². The quantitative estimate of drug-likeness (QED) is 0.739. The highest BCUT2D eigenvalue weighted by Crippen LogP contribution is 2.19. The van der Waals surface area contributed by atoms with Crippen LogP contribution in [-0.4, -0.2) is 20.9 Å². The number of hydrogen-bond acceptors (Lipinski definition) is 4. The first kappa shape index (κ1) is 15.9. The molecule has 5 nitrogen and oxygen atoms in total. The third-order valence-corrected chi connectivity index (χ3v) is 5.10. The highest BCUT2D eigenvalue weighted by molar-refractivity contribution is 9.10. The first-order chi connectivity index (χ1) is 11.0. The average Bonchev–Trinajstić information content (AvgIpc) is 3.11. The van der Waals surface area contributed by atoms with Crippen molar-refractivity contribution in [1.82, 2.24) is 20.3 Å². The van der Waals surface area contributed by atoms with E-state index in [2.05, 4.69) is 31.6 Å². The Labute approximate surface area is 146 Å². The number of thiophene rings is 1. The van der Waals surface area contributed by atoms with Crippen LogP contribution >= 0.6 is 27.3 Å². The van der Waals surface area contributed by atoms with E-state index in [0.717, 1.165) is 26.3 Å². The third-order valence-electron chi connectivity index (χ3n) is 3.40. The van der Waals surface area contributed by atoms with Gasteiger partial charge in [0.25, 0.3) is 5.91 Å². The van der Waals surface area contributed by atoms with E-state index < -0.39 is 0 Å². The highest BCUT2D eigenvalue weighted by Gasteiger charge is 2.17. The molecule has 0 fully saturated rings. The van der Waals surface area contributed by atoms with Crippen molar-refractivity contribution in [3.63, 3.8) is 0 Å². The minimum Gasteiger partial charge on any atom is -0.346 e. The second-order valence-electron chi connectivity index (χ2n) is 5.19. The number of carbonyl (C=O) groups is 1. The predicted octanol–water partition coefficient (Wildman–Crippen LogP) is 3.64. The number of rotatable bonds is 4. The fraction of sp³-hybridized carbons (Fsp3) is 0.188. The molecule has 7 heteroatoms. The lowest BCUT2D eigenvalue weighted by atomic mass is 10.2. The van der Waals surface area contributed by atoms with Crippen molar-refractivity contribution in [3.8, 4) is 5.69 Å². The normalized spacial score (nSPS) is 10.7. The third kappa shape index (κ3) is 3.51. The van der Waals surface area contributed by atoms with Crippen LogP contribution in [0.4, 0.5) is 0 Å². The monoisotopic (exact) mass is 390 g/mol. The van der Waals surface area contributed by atoms with E-state index in [0.29, 0.717) is 12.2 Å². The molecule has 0 aliphatic rings. The zero-order valence-corrected chi connectivity index (χ0v) is 15.1. The molecule has 2 heterocycles. The van der Waals surface area contributed by atoms with Crippen LogP contribution in [0, 0.1) is 13.8 Å². The van der Waals surface area contributed by atoms with Crippen LogP contribution in [0.2, 0.25) is 0 Å². The lowest BCUT2D eigenvalue weighted by molar-refractivity contribution is 0.0945. The maximum atomic E-state index is 12.3. The van der Waals surface area contributed by atoms with Crippen molar-refractivity contribution in [1.29, 1.82) is 0 Å². The summed E-state index contributed by atoms with van der Waals surface area (Å²) in [6.07, 6.45) is 0. The van der Waals surface area contributed by atoms with Crippen molar-refractivity contribution >= 4 is 33.2 Å². The predicted molar refractivity (Wildman–Crippen MR) is 94.0 cm³/mol. The Hall–Kier alpha value is -1.99. The smallest absolute Gasteiger partial charge is 0.274 e. The number of hydrogen-bond donors (Lipinski definition) is 1. The number of benzene rings is 1. The molecule has 0 unspecified atom stereocenters. The molecule has 0 atom stereocenters. The van der Waals surface area contributed by atoms with Gasteiger partial charge in [0.1, 0.15) is 0 Å². The molecule has 0 aliphatic heterocycles. The molecule has 1 N–H and O–H groups in total. The number of amides is 1. The van der Waals surface area contributed by atoms with Gasteiger partial charge in [0.05, 0.1) is 17.9 Å². The Morgan fingerprint density at radius 3 is 2.87 bits per heavy atom. The van der Waals surface area contributed by atoms with Crippen LogP contribution in [0.25, 0.3) is 5.69 Å². The molecule has 0 saturated heterocycles. The Morgan fingerprint density at radius 2 is 2.17 bits per heavy atom. The van der Waals surface area contributed by atoms with Gasteiger partial charge in [-0.25, -0.2) is 4.68 Å². The highest BCUT2D eigenvalue weighted by atomic mass is 79.9. The van der Waals surface area contributed by atoms with E-state index in [1.807, 2.05) is 49.6 Å². The molecule has 23 heavy (non-hydrogen) atoms. The largest absolute Gasteiger partial charge is 0.346 e. The van der Waals surface area contributed by atoms with Crippen LogP contribution in [0.5, 0.6) is 0 Å². The number of aromatic nitrogens is 3. The molecule has 1 amide bonds. The van der Waals surface area contributed by atoms with Crippen molar-refractivity contribution in [2.24, 2.45) is 0 Å². The topological polar surface area (TPSA) is 59.8 Å². The summed E-state index contributed by atoms with van der Waals surface area (Å²) in [6.45, 7) is 4.34. The van der Waals surface area contributed by atoms with Crippen molar-refractivity contribution < 1.29 is 4.79 Å². The number of nitrogens with one attached hydrogen (secondary N) is 1. The van der Waals surface area contributed by atoms with E-state index in [1.165, 1.54) is 0 Å². The summed E-state index contributed by atoms with van der Waals surface area (Å²) in [6, 6.07) is 9.91. The maximum absolute atomic E-state index is 12.3. The van der Waals surface area contributed by atoms with Crippen molar-refractivity contribution in [2.75, 3.05) is 0 Å². The van der Waals surface area contributed by atoms with Gasteiger partial charge < -0.3 is 5.32 Å². The first-order valence-corrected chi connectivity index (χ1v) is 8.72. The summed E-state index contributed by atoms with van der Waals surface area (Å²) in [5.41, 5.74) is 3.10. The van der Waals surface area contributed by atoms with Crippen LogP contribution < -0.4 is 5.32 Å². The first-order valence-electron chi connectivity index (χ1n) is 7.05. The van der Waals surface area contributed by atoms with Crippen molar-refractivity contribution in [3.05, 3.63) is 62.0 Å². The van der Waals surface area contributed by atoms with Crippen LogP contribution in [-0.2, 0) is 6.54 Å². The fourth-order valence-corrected chi connectivity index (χ4v) is 3.63. The second kappa shape index (κ2) is 6.64. The molecule has 0 bridgehead atoms. The minimum atomic E-state index is -0.217. The molecule has 1 aromatic carbocycles. The minimum absolute atomic E-state index is 0.217. The Kier molecular flexibility index (Phi) is 4.58. The van der Waals surface area contributed by atoms with E-state index in [-0.39, 0.29) is 5.91 Å². The molecular formula is C16H15BrN4OS. The number of carbonyl (C=O) groups excluding carboxylic acids is 1. The van der Waals surface area contributed by atoms with E-state index >= 15 is 0 Å². The molecule has 3 aromatic rings. The zero-order chi connectivity index (χ0) is 16.4. The van der Waals surface area contributed by atoms with Gasteiger partial charge in [-0.1, -0.05) is 17.3 Å². The van der Waals surface area contributed by atoms with Gasteiger partial charge in [0.15, 0.2) is 5.69 Å². The summed E-state index contributed by atoms with van der Waals surface area (Å²) < 4.78 is 2.71. The zero-order valence-electron chi connectivity index (χ0n) is 12.7. The maximum Gasteiger partial charge on any atom is 0.274 e. The van der Waals surface area contributed by atoms with Gasteiger partial charge in [-0.3, -0.25) is 4.79 Å². The molecule has 0 saturated carbocycles. The lowest BCUT2D eigenvalue weighted by Gasteiger charge is -2.05.